The van der Waals surface area contributed by atoms with Gasteiger partial charge in [-0.2, -0.15) is 5.10 Å². The van der Waals surface area contributed by atoms with E-state index < -0.39 is 6.04 Å². The quantitative estimate of drug-likeness (QED) is 0.258. The van der Waals surface area contributed by atoms with Gasteiger partial charge in [-0.3, -0.25) is 9.89 Å². The fraction of sp³-hybridized carbons (Fsp3) is 0.448. The predicted octanol–water partition coefficient (Wildman–Crippen LogP) is 6.67. The summed E-state index contributed by atoms with van der Waals surface area (Å²) in [5, 5.41) is 18.7. The number of amides is 1. The van der Waals surface area contributed by atoms with Gasteiger partial charge in [-0.15, -0.1) is 0 Å². The molecule has 2 N–H and O–H groups in total. The van der Waals surface area contributed by atoms with Crippen LogP contribution in [0.4, 0.5) is 0 Å². The maximum absolute atomic E-state index is 13.6. The first kappa shape index (κ1) is 27.0. The molecular weight excluding hydrogens is 490 g/mol. The van der Waals surface area contributed by atoms with Crippen molar-refractivity contribution >= 4 is 17.5 Å². The highest BCUT2D eigenvalue weighted by Crippen LogP contribution is 2.45. The van der Waals surface area contributed by atoms with Gasteiger partial charge in [0.25, 0.3) is 5.91 Å². The van der Waals surface area contributed by atoms with E-state index in [2.05, 4.69) is 17.1 Å². The molecule has 2 aromatic carbocycles. The van der Waals surface area contributed by atoms with Crippen LogP contribution in [-0.4, -0.2) is 52.0 Å². The molecule has 1 unspecified atom stereocenters. The number of fused-ring (bicyclic) bond motifs is 1. The standard InChI is InChI=1S/C29H36ClN3O4/c1-5-6-7-13-37-21-11-8-10-20(16-21)28-25-26(22-17-23(30)19(4)15-24(22)34)31-32-27(25)29(35)33(28)12-9-14-36-18(2)3/h8,10-11,15-18,28,34H,5-7,9,12-14H2,1-4H3,(H,31,32). The number of rotatable bonds is 12. The summed E-state index contributed by atoms with van der Waals surface area (Å²) in [6.45, 7) is 9.71. The number of carbonyl (C=O) groups is 1. The van der Waals surface area contributed by atoms with Crippen LogP contribution in [0.2, 0.25) is 5.02 Å². The highest BCUT2D eigenvalue weighted by Gasteiger charge is 2.42. The number of aromatic nitrogens is 2. The van der Waals surface area contributed by atoms with E-state index in [9.17, 15) is 9.90 Å². The van der Waals surface area contributed by atoms with Gasteiger partial charge in [0.1, 0.15) is 22.9 Å². The highest BCUT2D eigenvalue weighted by molar-refractivity contribution is 6.31. The molecule has 1 aliphatic rings. The molecule has 7 nitrogen and oxygen atoms in total. The molecule has 0 saturated carbocycles. The maximum atomic E-state index is 13.6. The number of H-pyrrole nitrogens is 1. The van der Waals surface area contributed by atoms with Crippen molar-refractivity contribution in [3.05, 3.63) is 63.8 Å². The zero-order chi connectivity index (χ0) is 26.5. The van der Waals surface area contributed by atoms with Crippen molar-refractivity contribution in [2.75, 3.05) is 19.8 Å². The molecule has 0 fully saturated rings. The molecule has 0 bridgehead atoms. The van der Waals surface area contributed by atoms with Crippen molar-refractivity contribution in [3.63, 3.8) is 0 Å². The van der Waals surface area contributed by atoms with Crippen molar-refractivity contribution in [3.8, 4) is 22.8 Å². The average Bonchev–Trinajstić information content (AvgIpc) is 3.41. The van der Waals surface area contributed by atoms with E-state index in [1.54, 1.807) is 12.1 Å². The zero-order valence-electron chi connectivity index (χ0n) is 22.0. The van der Waals surface area contributed by atoms with Crippen LogP contribution in [0.3, 0.4) is 0 Å². The molecule has 37 heavy (non-hydrogen) atoms. The molecule has 0 radical (unpaired) electrons. The van der Waals surface area contributed by atoms with E-state index in [-0.39, 0.29) is 17.8 Å². The minimum absolute atomic E-state index is 0.0687. The molecule has 198 valence electrons. The van der Waals surface area contributed by atoms with Crippen LogP contribution in [-0.2, 0) is 4.74 Å². The molecule has 0 spiro atoms. The summed E-state index contributed by atoms with van der Waals surface area (Å²) in [5.41, 5.74) is 3.85. The van der Waals surface area contributed by atoms with E-state index in [1.807, 2.05) is 49.9 Å². The maximum Gasteiger partial charge on any atom is 0.273 e. The summed E-state index contributed by atoms with van der Waals surface area (Å²) >= 11 is 6.41. The van der Waals surface area contributed by atoms with Crippen LogP contribution in [0.5, 0.6) is 11.5 Å². The van der Waals surface area contributed by atoms with E-state index in [4.69, 9.17) is 21.1 Å². The number of aryl methyl sites for hydroxylation is 1. The van der Waals surface area contributed by atoms with Gasteiger partial charge in [0, 0.05) is 29.3 Å². The number of ether oxygens (including phenoxy) is 2. The van der Waals surface area contributed by atoms with Gasteiger partial charge >= 0.3 is 0 Å². The molecule has 0 saturated heterocycles. The number of halogens is 1. The van der Waals surface area contributed by atoms with Crippen molar-refractivity contribution in [1.29, 1.82) is 0 Å². The Labute approximate surface area is 223 Å². The van der Waals surface area contributed by atoms with Gasteiger partial charge in [0.2, 0.25) is 0 Å². The molecule has 2 heterocycles. The fourth-order valence-electron chi connectivity index (χ4n) is 4.71. The Hall–Kier alpha value is -3.03. The summed E-state index contributed by atoms with van der Waals surface area (Å²) in [5.74, 6) is 0.707. The number of carbonyl (C=O) groups excluding carboxylic acids is 1. The largest absolute Gasteiger partial charge is 0.507 e. The van der Waals surface area contributed by atoms with Gasteiger partial charge in [-0.1, -0.05) is 43.5 Å². The Balaban J connectivity index is 1.73. The lowest BCUT2D eigenvalue weighted by Gasteiger charge is -2.27. The van der Waals surface area contributed by atoms with Crippen LogP contribution in [0.1, 0.15) is 79.7 Å². The monoisotopic (exact) mass is 525 g/mol. The topological polar surface area (TPSA) is 87.7 Å². The Morgan fingerprint density at radius 3 is 2.73 bits per heavy atom. The van der Waals surface area contributed by atoms with Gasteiger partial charge < -0.3 is 19.5 Å². The minimum atomic E-state index is -0.394. The second-order valence-corrected chi connectivity index (χ2v) is 10.2. The van der Waals surface area contributed by atoms with Crippen molar-refractivity contribution in [1.82, 2.24) is 15.1 Å². The number of benzene rings is 2. The minimum Gasteiger partial charge on any atom is -0.507 e. The van der Waals surface area contributed by atoms with Crippen LogP contribution in [0, 0.1) is 6.92 Å². The smallest absolute Gasteiger partial charge is 0.273 e. The van der Waals surface area contributed by atoms with Crippen LogP contribution >= 0.6 is 11.6 Å². The molecular formula is C29H36ClN3O4. The molecule has 0 aliphatic carbocycles. The number of unbranched alkanes of at least 4 members (excludes halogenated alkanes) is 2. The first-order valence-electron chi connectivity index (χ1n) is 13.0. The summed E-state index contributed by atoms with van der Waals surface area (Å²) < 4.78 is 11.8. The second-order valence-electron chi connectivity index (χ2n) is 9.78. The van der Waals surface area contributed by atoms with Gasteiger partial charge in [0.05, 0.1) is 18.8 Å². The van der Waals surface area contributed by atoms with Crippen LogP contribution in [0.25, 0.3) is 11.3 Å². The summed E-state index contributed by atoms with van der Waals surface area (Å²) in [4.78, 5) is 15.4. The van der Waals surface area contributed by atoms with Gasteiger partial charge in [-0.05, 0) is 69.0 Å². The zero-order valence-corrected chi connectivity index (χ0v) is 22.8. The summed E-state index contributed by atoms with van der Waals surface area (Å²) in [7, 11) is 0. The lowest BCUT2D eigenvalue weighted by molar-refractivity contribution is 0.0601. The van der Waals surface area contributed by atoms with E-state index in [0.717, 1.165) is 41.7 Å². The predicted molar refractivity (Wildman–Crippen MR) is 145 cm³/mol. The molecule has 1 aliphatic heterocycles. The number of nitrogens with zero attached hydrogens (tertiary/aromatic N) is 2. The second kappa shape index (κ2) is 12.0. The molecule has 1 amide bonds. The number of aromatic hydroxyl groups is 1. The van der Waals surface area contributed by atoms with Gasteiger partial charge in [0.15, 0.2) is 0 Å². The summed E-state index contributed by atoms with van der Waals surface area (Å²) in [6.07, 6.45) is 4.07. The SMILES string of the molecule is CCCCCOc1cccc(C2c3c(-c4cc(Cl)c(C)cc4O)n[nH]c3C(=O)N2CCCOC(C)C)c1. The number of aromatic amines is 1. The summed E-state index contributed by atoms with van der Waals surface area (Å²) in [6, 6.07) is 10.8. The van der Waals surface area contributed by atoms with E-state index >= 15 is 0 Å². The number of nitrogens with one attached hydrogen (secondary N) is 1. The third kappa shape index (κ3) is 5.94. The molecule has 4 rings (SSSR count). The third-order valence-electron chi connectivity index (χ3n) is 6.58. The normalized spacial score (nSPS) is 15.0. The number of hydrogen-bond acceptors (Lipinski definition) is 5. The van der Waals surface area contributed by atoms with E-state index in [1.165, 1.54) is 0 Å². The average molecular weight is 526 g/mol. The highest BCUT2D eigenvalue weighted by atomic mass is 35.5. The lowest BCUT2D eigenvalue weighted by Crippen LogP contribution is -2.31. The first-order valence-corrected chi connectivity index (χ1v) is 13.4. The van der Waals surface area contributed by atoms with E-state index in [0.29, 0.717) is 48.2 Å². The van der Waals surface area contributed by atoms with Crippen molar-refractivity contribution in [2.45, 2.75) is 65.5 Å². The lowest BCUT2D eigenvalue weighted by atomic mass is 9.95. The Kier molecular flexibility index (Phi) is 8.77. The third-order valence-corrected chi connectivity index (χ3v) is 6.99. The first-order chi connectivity index (χ1) is 17.8. The fourth-order valence-corrected chi connectivity index (χ4v) is 4.87. The number of hydrogen-bond donors (Lipinski definition) is 2. The van der Waals surface area contributed by atoms with Crippen LogP contribution < -0.4 is 4.74 Å². The van der Waals surface area contributed by atoms with Crippen molar-refractivity contribution < 1.29 is 19.4 Å². The number of phenols is 1. The molecule has 3 aromatic rings. The Morgan fingerprint density at radius 1 is 1.16 bits per heavy atom. The molecule has 8 heteroatoms. The van der Waals surface area contributed by atoms with Crippen molar-refractivity contribution in [2.24, 2.45) is 0 Å². The number of phenolic OH excluding ortho intramolecular Hbond substituents is 1. The molecule has 1 aromatic heterocycles. The molecule has 1 atom stereocenters. The van der Waals surface area contributed by atoms with Gasteiger partial charge in [-0.25, -0.2) is 0 Å². The Bertz CT molecular complexity index is 1240. The Morgan fingerprint density at radius 2 is 1.97 bits per heavy atom. The van der Waals surface area contributed by atoms with Crippen LogP contribution in [0.15, 0.2) is 36.4 Å².